The molecule has 0 aliphatic carbocycles. The summed E-state index contributed by atoms with van der Waals surface area (Å²) in [7, 11) is 0. The van der Waals surface area contributed by atoms with Crippen molar-refractivity contribution in [2.45, 2.75) is 45.6 Å². The molecule has 17 heavy (non-hydrogen) atoms. The van der Waals surface area contributed by atoms with Crippen LogP contribution in [0.15, 0.2) is 36.9 Å². The topological polar surface area (TPSA) is 12.0 Å². The molecule has 1 aromatic carbocycles. The number of hydrogen-bond donors (Lipinski definition) is 1. The van der Waals surface area contributed by atoms with Gasteiger partial charge in [-0.05, 0) is 43.4 Å². The van der Waals surface area contributed by atoms with Gasteiger partial charge in [0.25, 0.3) is 0 Å². The van der Waals surface area contributed by atoms with Gasteiger partial charge in [-0.15, -0.1) is 6.58 Å². The number of allylic oxidation sites excluding steroid dienone is 1. The van der Waals surface area contributed by atoms with Crippen LogP contribution in [-0.4, -0.2) is 6.54 Å². The van der Waals surface area contributed by atoms with Crippen molar-refractivity contribution in [3.63, 3.8) is 0 Å². The molecular formula is C16H25N. The third kappa shape index (κ3) is 4.35. The highest BCUT2D eigenvalue weighted by molar-refractivity contribution is 5.30. The Bertz CT molecular complexity index is 330. The van der Waals surface area contributed by atoms with Crippen LogP contribution in [0.2, 0.25) is 0 Å². The minimum atomic E-state index is 0.476. The summed E-state index contributed by atoms with van der Waals surface area (Å²) >= 11 is 0. The first-order valence-electron chi connectivity index (χ1n) is 6.75. The van der Waals surface area contributed by atoms with Gasteiger partial charge in [0, 0.05) is 6.04 Å². The van der Waals surface area contributed by atoms with Gasteiger partial charge in [-0.25, -0.2) is 0 Å². The van der Waals surface area contributed by atoms with E-state index in [9.17, 15) is 0 Å². The van der Waals surface area contributed by atoms with E-state index in [0.29, 0.717) is 6.04 Å². The molecule has 0 aromatic heterocycles. The van der Waals surface area contributed by atoms with Gasteiger partial charge in [0.1, 0.15) is 0 Å². The van der Waals surface area contributed by atoms with E-state index in [1.54, 1.807) is 0 Å². The summed E-state index contributed by atoms with van der Waals surface area (Å²) in [6, 6.07) is 9.25. The minimum absolute atomic E-state index is 0.476. The first-order valence-corrected chi connectivity index (χ1v) is 6.75. The SMILES string of the molecule is C=CCCC(NCCC)c1ccccc1CC. The summed E-state index contributed by atoms with van der Waals surface area (Å²) < 4.78 is 0. The van der Waals surface area contributed by atoms with Gasteiger partial charge >= 0.3 is 0 Å². The van der Waals surface area contributed by atoms with Crippen LogP contribution in [0.5, 0.6) is 0 Å². The van der Waals surface area contributed by atoms with Crippen LogP contribution in [0.25, 0.3) is 0 Å². The Labute approximate surface area is 106 Å². The molecule has 0 aliphatic rings. The summed E-state index contributed by atoms with van der Waals surface area (Å²) in [4.78, 5) is 0. The third-order valence-electron chi connectivity index (χ3n) is 3.11. The number of hydrogen-bond acceptors (Lipinski definition) is 1. The molecule has 0 amide bonds. The fraction of sp³-hybridized carbons (Fsp3) is 0.500. The Morgan fingerprint density at radius 1 is 1.29 bits per heavy atom. The summed E-state index contributed by atoms with van der Waals surface area (Å²) in [5.41, 5.74) is 2.93. The van der Waals surface area contributed by atoms with Crippen molar-refractivity contribution in [2.75, 3.05) is 6.54 Å². The molecule has 94 valence electrons. The van der Waals surface area contributed by atoms with Gasteiger partial charge in [-0.3, -0.25) is 0 Å². The predicted octanol–water partition coefficient (Wildman–Crippen LogP) is 4.26. The molecule has 0 spiro atoms. The van der Waals surface area contributed by atoms with Crippen LogP contribution < -0.4 is 5.32 Å². The zero-order valence-corrected chi connectivity index (χ0v) is 11.2. The molecule has 0 radical (unpaired) electrons. The number of rotatable bonds is 8. The molecule has 0 saturated heterocycles. The monoisotopic (exact) mass is 231 g/mol. The highest BCUT2D eigenvalue weighted by Gasteiger charge is 2.12. The first kappa shape index (κ1) is 14.0. The molecule has 1 unspecified atom stereocenters. The zero-order valence-electron chi connectivity index (χ0n) is 11.2. The Kier molecular flexibility index (Phi) is 6.64. The second-order valence-corrected chi connectivity index (χ2v) is 4.43. The molecule has 1 rings (SSSR count). The first-order chi connectivity index (χ1) is 8.33. The largest absolute Gasteiger partial charge is 0.310 e. The number of aryl methyl sites for hydroxylation is 1. The Balaban J connectivity index is 2.81. The van der Waals surface area contributed by atoms with E-state index >= 15 is 0 Å². The molecule has 0 saturated carbocycles. The van der Waals surface area contributed by atoms with E-state index in [1.807, 2.05) is 6.08 Å². The van der Waals surface area contributed by atoms with Crippen molar-refractivity contribution in [1.82, 2.24) is 5.32 Å². The van der Waals surface area contributed by atoms with Crippen LogP contribution in [0.3, 0.4) is 0 Å². The number of nitrogens with one attached hydrogen (secondary N) is 1. The standard InChI is InChI=1S/C16H25N/c1-4-7-12-16(17-13-5-2)15-11-9-8-10-14(15)6-3/h4,8-11,16-17H,1,5-7,12-13H2,2-3H3. The minimum Gasteiger partial charge on any atom is -0.310 e. The quantitative estimate of drug-likeness (QED) is 0.659. The Morgan fingerprint density at radius 2 is 2.06 bits per heavy atom. The van der Waals surface area contributed by atoms with Crippen LogP contribution >= 0.6 is 0 Å². The molecule has 0 heterocycles. The fourth-order valence-corrected chi connectivity index (χ4v) is 2.17. The molecule has 1 N–H and O–H groups in total. The second-order valence-electron chi connectivity index (χ2n) is 4.43. The van der Waals surface area contributed by atoms with E-state index < -0.39 is 0 Å². The van der Waals surface area contributed by atoms with Gasteiger partial charge in [-0.1, -0.05) is 44.2 Å². The van der Waals surface area contributed by atoms with E-state index in [0.717, 1.165) is 25.8 Å². The van der Waals surface area contributed by atoms with Gasteiger partial charge in [0.2, 0.25) is 0 Å². The van der Waals surface area contributed by atoms with Crippen molar-refractivity contribution in [3.05, 3.63) is 48.0 Å². The molecule has 0 aliphatic heterocycles. The van der Waals surface area contributed by atoms with Crippen molar-refractivity contribution in [2.24, 2.45) is 0 Å². The predicted molar refractivity (Wildman–Crippen MR) is 76.3 cm³/mol. The molecule has 1 nitrogen and oxygen atoms in total. The van der Waals surface area contributed by atoms with E-state index in [-0.39, 0.29) is 0 Å². The molecule has 0 fully saturated rings. The van der Waals surface area contributed by atoms with Crippen LogP contribution in [-0.2, 0) is 6.42 Å². The smallest absolute Gasteiger partial charge is 0.0325 e. The fourth-order valence-electron chi connectivity index (χ4n) is 2.17. The normalized spacial score (nSPS) is 12.4. The highest BCUT2D eigenvalue weighted by atomic mass is 14.9. The lowest BCUT2D eigenvalue weighted by Gasteiger charge is -2.21. The van der Waals surface area contributed by atoms with Crippen molar-refractivity contribution < 1.29 is 0 Å². The average molecular weight is 231 g/mol. The highest BCUT2D eigenvalue weighted by Crippen LogP contribution is 2.23. The molecule has 1 atom stereocenters. The summed E-state index contributed by atoms with van der Waals surface area (Å²) in [5.74, 6) is 0. The zero-order chi connectivity index (χ0) is 12.5. The average Bonchev–Trinajstić information content (AvgIpc) is 2.39. The Morgan fingerprint density at radius 3 is 2.71 bits per heavy atom. The summed E-state index contributed by atoms with van der Waals surface area (Å²) in [6.45, 7) is 9.34. The molecular weight excluding hydrogens is 206 g/mol. The summed E-state index contributed by atoms with van der Waals surface area (Å²) in [5, 5.41) is 3.65. The lowest BCUT2D eigenvalue weighted by Crippen LogP contribution is -2.23. The van der Waals surface area contributed by atoms with Gasteiger partial charge < -0.3 is 5.32 Å². The number of benzene rings is 1. The maximum Gasteiger partial charge on any atom is 0.0325 e. The molecule has 1 aromatic rings. The van der Waals surface area contributed by atoms with Crippen LogP contribution in [0.1, 0.15) is 50.3 Å². The lowest BCUT2D eigenvalue weighted by atomic mass is 9.95. The van der Waals surface area contributed by atoms with Crippen molar-refractivity contribution in [1.29, 1.82) is 0 Å². The lowest BCUT2D eigenvalue weighted by molar-refractivity contribution is 0.500. The second kappa shape index (κ2) is 8.08. The van der Waals surface area contributed by atoms with Crippen LogP contribution in [0, 0.1) is 0 Å². The van der Waals surface area contributed by atoms with Crippen molar-refractivity contribution in [3.8, 4) is 0 Å². The van der Waals surface area contributed by atoms with E-state index in [1.165, 1.54) is 17.5 Å². The van der Waals surface area contributed by atoms with Crippen molar-refractivity contribution >= 4 is 0 Å². The maximum absolute atomic E-state index is 3.82. The maximum atomic E-state index is 3.82. The molecule has 0 bridgehead atoms. The van der Waals surface area contributed by atoms with E-state index in [2.05, 4.69) is 50.0 Å². The summed E-state index contributed by atoms with van der Waals surface area (Å²) in [6.07, 6.45) is 6.50. The van der Waals surface area contributed by atoms with Gasteiger partial charge in [-0.2, -0.15) is 0 Å². The Hall–Kier alpha value is -1.08. The molecule has 1 heteroatoms. The van der Waals surface area contributed by atoms with Crippen LogP contribution in [0.4, 0.5) is 0 Å². The van der Waals surface area contributed by atoms with E-state index in [4.69, 9.17) is 0 Å². The third-order valence-corrected chi connectivity index (χ3v) is 3.11. The van der Waals surface area contributed by atoms with Gasteiger partial charge in [0.15, 0.2) is 0 Å². The van der Waals surface area contributed by atoms with Gasteiger partial charge in [0.05, 0.1) is 0 Å².